The lowest BCUT2D eigenvalue weighted by Crippen LogP contribution is -2.13. The molecule has 1 aromatic carbocycles. The summed E-state index contributed by atoms with van der Waals surface area (Å²) in [7, 11) is 0. The van der Waals surface area contributed by atoms with Crippen LogP contribution in [0.3, 0.4) is 0 Å². The third-order valence-electron chi connectivity index (χ3n) is 2.30. The lowest BCUT2D eigenvalue weighted by Gasteiger charge is -2.17. The van der Waals surface area contributed by atoms with Crippen molar-refractivity contribution in [3.63, 3.8) is 0 Å². The first-order valence-corrected chi connectivity index (χ1v) is 5.71. The van der Waals surface area contributed by atoms with Crippen LogP contribution in [0.25, 0.3) is 0 Å². The van der Waals surface area contributed by atoms with Gasteiger partial charge in [-0.05, 0) is 25.5 Å². The fraction of sp³-hybridized carbons (Fsp3) is 0.500. The molecule has 2 N–H and O–H groups in total. The molecule has 1 unspecified atom stereocenters. The van der Waals surface area contributed by atoms with Gasteiger partial charge in [-0.3, -0.25) is 0 Å². The number of halogens is 1. The Kier molecular flexibility index (Phi) is 4.92. The van der Waals surface area contributed by atoms with E-state index in [1.807, 2.05) is 18.2 Å². The van der Waals surface area contributed by atoms with Crippen LogP contribution in [0.4, 0.5) is 0 Å². The van der Waals surface area contributed by atoms with Crippen LogP contribution in [0, 0.1) is 0 Å². The standard InChI is InChI=1S/C12H18ClNO/c1-3-5-9(2)15-12-7-4-6-11(13)10(12)8-14/h4,6-7,9H,3,5,8,14H2,1-2H3. The summed E-state index contributed by atoms with van der Waals surface area (Å²) in [5, 5.41) is 0.679. The Morgan fingerprint density at radius 2 is 2.20 bits per heavy atom. The number of benzene rings is 1. The highest BCUT2D eigenvalue weighted by Crippen LogP contribution is 2.27. The zero-order chi connectivity index (χ0) is 11.3. The van der Waals surface area contributed by atoms with Gasteiger partial charge in [0, 0.05) is 17.1 Å². The molecule has 0 fully saturated rings. The largest absolute Gasteiger partial charge is 0.490 e. The van der Waals surface area contributed by atoms with Crippen molar-refractivity contribution in [1.82, 2.24) is 0 Å². The first kappa shape index (κ1) is 12.3. The zero-order valence-electron chi connectivity index (χ0n) is 9.29. The maximum Gasteiger partial charge on any atom is 0.125 e. The molecule has 1 atom stereocenters. The van der Waals surface area contributed by atoms with Crippen LogP contribution in [-0.2, 0) is 6.54 Å². The Morgan fingerprint density at radius 1 is 1.47 bits per heavy atom. The number of rotatable bonds is 5. The molecule has 0 aromatic heterocycles. The Bertz CT molecular complexity index is 314. The van der Waals surface area contributed by atoms with E-state index >= 15 is 0 Å². The van der Waals surface area contributed by atoms with E-state index in [0.29, 0.717) is 11.6 Å². The van der Waals surface area contributed by atoms with E-state index in [1.54, 1.807) is 0 Å². The molecule has 0 bridgehead atoms. The molecule has 0 aliphatic carbocycles. The maximum atomic E-state index is 6.03. The molecule has 0 amide bonds. The first-order chi connectivity index (χ1) is 7.19. The SMILES string of the molecule is CCCC(C)Oc1cccc(Cl)c1CN. The summed E-state index contributed by atoms with van der Waals surface area (Å²) in [5.41, 5.74) is 6.53. The topological polar surface area (TPSA) is 35.2 Å². The summed E-state index contributed by atoms with van der Waals surface area (Å²) in [6, 6.07) is 5.64. The Balaban J connectivity index is 2.80. The van der Waals surface area contributed by atoms with Crippen molar-refractivity contribution >= 4 is 11.6 Å². The minimum absolute atomic E-state index is 0.207. The van der Waals surface area contributed by atoms with Gasteiger partial charge in [-0.2, -0.15) is 0 Å². The molecule has 0 aliphatic heterocycles. The third kappa shape index (κ3) is 3.40. The molecule has 15 heavy (non-hydrogen) atoms. The van der Waals surface area contributed by atoms with E-state index in [2.05, 4.69) is 13.8 Å². The number of hydrogen-bond acceptors (Lipinski definition) is 2. The summed E-state index contributed by atoms with van der Waals surface area (Å²) in [6.45, 7) is 4.61. The van der Waals surface area contributed by atoms with Crippen molar-refractivity contribution in [3.05, 3.63) is 28.8 Å². The highest BCUT2D eigenvalue weighted by molar-refractivity contribution is 6.31. The quantitative estimate of drug-likeness (QED) is 0.837. The Morgan fingerprint density at radius 3 is 2.80 bits per heavy atom. The normalized spacial score (nSPS) is 12.5. The number of nitrogens with two attached hydrogens (primary N) is 1. The van der Waals surface area contributed by atoms with Crippen LogP contribution in [0.1, 0.15) is 32.3 Å². The molecule has 0 saturated carbocycles. The summed E-state index contributed by atoms with van der Waals surface area (Å²) >= 11 is 6.03. The molecule has 0 heterocycles. The molecule has 0 radical (unpaired) electrons. The van der Waals surface area contributed by atoms with Crippen LogP contribution in [0.2, 0.25) is 5.02 Å². The molecular formula is C12H18ClNO. The van der Waals surface area contributed by atoms with Crippen molar-refractivity contribution < 1.29 is 4.74 Å². The molecule has 0 spiro atoms. The van der Waals surface area contributed by atoms with Crippen molar-refractivity contribution in [2.45, 2.75) is 39.3 Å². The highest BCUT2D eigenvalue weighted by atomic mass is 35.5. The minimum Gasteiger partial charge on any atom is -0.490 e. The zero-order valence-corrected chi connectivity index (χ0v) is 10.1. The van der Waals surface area contributed by atoms with E-state index in [0.717, 1.165) is 24.2 Å². The van der Waals surface area contributed by atoms with E-state index in [9.17, 15) is 0 Å². The van der Waals surface area contributed by atoms with E-state index in [1.165, 1.54) is 0 Å². The van der Waals surface area contributed by atoms with Crippen molar-refractivity contribution in [3.8, 4) is 5.75 Å². The molecule has 0 aliphatic rings. The summed E-state index contributed by atoms with van der Waals surface area (Å²) in [5.74, 6) is 0.811. The lowest BCUT2D eigenvalue weighted by molar-refractivity contribution is 0.208. The molecular weight excluding hydrogens is 210 g/mol. The van der Waals surface area contributed by atoms with Gasteiger partial charge >= 0.3 is 0 Å². The van der Waals surface area contributed by atoms with E-state index in [-0.39, 0.29) is 6.10 Å². The van der Waals surface area contributed by atoms with Gasteiger partial charge < -0.3 is 10.5 Å². The fourth-order valence-corrected chi connectivity index (χ4v) is 1.77. The van der Waals surface area contributed by atoms with Gasteiger partial charge in [-0.1, -0.05) is 31.0 Å². The van der Waals surface area contributed by atoms with E-state index < -0.39 is 0 Å². The monoisotopic (exact) mass is 227 g/mol. The Labute approximate surface area is 96.4 Å². The molecule has 3 heteroatoms. The second kappa shape index (κ2) is 5.99. The first-order valence-electron chi connectivity index (χ1n) is 5.33. The lowest BCUT2D eigenvalue weighted by atomic mass is 10.2. The fourth-order valence-electron chi connectivity index (χ4n) is 1.53. The van der Waals surface area contributed by atoms with Gasteiger partial charge in [0.05, 0.1) is 6.10 Å². The Hall–Kier alpha value is -0.730. The second-order valence-electron chi connectivity index (χ2n) is 3.64. The van der Waals surface area contributed by atoms with E-state index in [4.69, 9.17) is 22.1 Å². The van der Waals surface area contributed by atoms with Crippen LogP contribution in [-0.4, -0.2) is 6.10 Å². The minimum atomic E-state index is 0.207. The smallest absolute Gasteiger partial charge is 0.125 e. The molecule has 84 valence electrons. The third-order valence-corrected chi connectivity index (χ3v) is 2.66. The number of hydrogen-bond donors (Lipinski definition) is 1. The predicted octanol–water partition coefficient (Wildman–Crippen LogP) is 3.37. The summed E-state index contributed by atoms with van der Waals surface area (Å²) in [6.07, 6.45) is 2.36. The predicted molar refractivity (Wildman–Crippen MR) is 64.3 cm³/mol. The summed E-state index contributed by atoms with van der Waals surface area (Å²) < 4.78 is 5.79. The van der Waals surface area contributed by atoms with Crippen molar-refractivity contribution in [2.75, 3.05) is 0 Å². The van der Waals surface area contributed by atoms with Crippen LogP contribution >= 0.6 is 11.6 Å². The van der Waals surface area contributed by atoms with Gasteiger partial charge in [-0.25, -0.2) is 0 Å². The highest BCUT2D eigenvalue weighted by Gasteiger charge is 2.09. The molecule has 2 nitrogen and oxygen atoms in total. The van der Waals surface area contributed by atoms with Crippen LogP contribution in [0.5, 0.6) is 5.75 Å². The maximum absolute atomic E-state index is 6.03. The van der Waals surface area contributed by atoms with Gasteiger partial charge in [0.25, 0.3) is 0 Å². The average Bonchev–Trinajstić information content (AvgIpc) is 2.18. The van der Waals surface area contributed by atoms with Gasteiger partial charge in [0.1, 0.15) is 5.75 Å². The molecule has 0 saturated heterocycles. The summed E-state index contributed by atoms with van der Waals surface area (Å²) in [4.78, 5) is 0. The molecule has 1 aromatic rings. The van der Waals surface area contributed by atoms with Crippen LogP contribution < -0.4 is 10.5 Å². The van der Waals surface area contributed by atoms with Gasteiger partial charge in [0.15, 0.2) is 0 Å². The van der Waals surface area contributed by atoms with Crippen LogP contribution in [0.15, 0.2) is 18.2 Å². The second-order valence-corrected chi connectivity index (χ2v) is 4.04. The van der Waals surface area contributed by atoms with Crippen molar-refractivity contribution in [2.24, 2.45) is 5.73 Å². The average molecular weight is 228 g/mol. The van der Waals surface area contributed by atoms with Gasteiger partial charge in [-0.15, -0.1) is 0 Å². The molecule has 1 rings (SSSR count). The van der Waals surface area contributed by atoms with Crippen molar-refractivity contribution in [1.29, 1.82) is 0 Å². The van der Waals surface area contributed by atoms with Gasteiger partial charge in [0.2, 0.25) is 0 Å². The number of ether oxygens (including phenoxy) is 1.